The van der Waals surface area contributed by atoms with E-state index in [1.54, 1.807) is 36.4 Å². The highest BCUT2D eigenvalue weighted by molar-refractivity contribution is 7.16. The van der Waals surface area contributed by atoms with Gasteiger partial charge in [-0.2, -0.15) is 0 Å². The molecular formula is C22H19ClFN3O2S. The van der Waals surface area contributed by atoms with Gasteiger partial charge >= 0.3 is 0 Å². The Morgan fingerprint density at radius 1 is 1.13 bits per heavy atom. The number of aryl methyl sites for hydroxylation is 1. The Bertz CT molecular complexity index is 1070. The van der Waals surface area contributed by atoms with Gasteiger partial charge in [-0.3, -0.25) is 14.9 Å². The van der Waals surface area contributed by atoms with Gasteiger partial charge in [0.2, 0.25) is 5.91 Å². The van der Waals surface area contributed by atoms with Gasteiger partial charge in [0.05, 0.1) is 11.6 Å². The summed E-state index contributed by atoms with van der Waals surface area (Å²) in [5.41, 5.74) is 2.05. The van der Waals surface area contributed by atoms with Crippen LogP contribution in [0, 0.1) is 5.82 Å². The first-order valence-electron chi connectivity index (χ1n) is 9.58. The van der Waals surface area contributed by atoms with Crippen LogP contribution in [-0.2, 0) is 17.8 Å². The highest BCUT2D eigenvalue weighted by atomic mass is 35.5. The summed E-state index contributed by atoms with van der Waals surface area (Å²) in [6, 6.07) is 12.7. The van der Waals surface area contributed by atoms with Crippen LogP contribution in [0.2, 0.25) is 5.02 Å². The Morgan fingerprint density at radius 2 is 1.87 bits per heavy atom. The number of fused-ring (bicyclic) bond motifs is 1. The Morgan fingerprint density at radius 3 is 2.60 bits per heavy atom. The molecule has 8 heteroatoms. The fourth-order valence-corrected chi connectivity index (χ4v) is 4.60. The van der Waals surface area contributed by atoms with E-state index in [1.807, 2.05) is 0 Å². The fourth-order valence-electron chi connectivity index (χ4n) is 3.41. The molecule has 5 nitrogen and oxygen atoms in total. The Hall–Kier alpha value is -2.77. The number of benzene rings is 2. The maximum Gasteiger partial charge on any atom is 0.257 e. The molecule has 1 aliphatic rings. The molecule has 154 valence electrons. The van der Waals surface area contributed by atoms with Crippen molar-refractivity contribution in [3.63, 3.8) is 0 Å². The van der Waals surface area contributed by atoms with Crippen LogP contribution in [0.3, 0.4) is 0 Å². The zero-order valence-electron chi connectivity index (χ0n) is 16.0. The lowest BCUT2D eigenvalue weighted by Crippen LogP contribution is -2.31. The molecule has 1 atom stereocenters. The Labute approximate surface area is 182 Å². The largest absolute Gasteiger partial charge is 0.351 e. The number of halogens is 2. The second-order valence-electron chi connectivity index (χ2n) is 7.08. The molecule has 2 amide bonds. The number of nitrogens with one attached hydrogen (secondary N) is 2. The minimum Gasteiger partial charge on any atom is -0.351 e. The third-order valence-electron chi connectivity index (χ3n) is 4.98. The number of hydrogen-bond donors (Lipinski definition) is 2. The average molecular weight is 444 g/mol. The van der Waals surface area contributed by atoms with Gasteiger partial charge in [0.25, 0.3) is 5.91 Å². The highest BCUT2D eigenvalue weighted by Crippen LogP contribution is 2.37. The Kier molecular flexibility index (Phi) is 6.11. The first kappa shape index (κ1) is 20.5. The molecule has 2 N–H and O–H groups in total. The maximum absolute atomic E-state index is 13.0. The molecule has 4 rings (SSSR count). The van der Waals surface area contributed by atoms with Crippen molar-refractivity contribution >= 4 is 39.9 Å². The van der Waals surface area contributed by atoms with Crippen LogP contribution in [0.5, 0.6) is 0 Å². The highest BCUT2D eigenvalue weighted by Gasteiger charge is 2.30. The van der Waals surface area contributed by atoms with E-state index in [0.717, 1.165) is 29.0 Å². The smallest absolute Gasteiger partial charge is 0.257 e. The molecule has 30 heavy (non-hydrogen) atoms. The van der Waals surface area contributed by atoms with Gasteiger partial charge in [-0.25, -0.2) is 9.37 Å². The molecule has 1 aromatic heterocycles. The van der Waals surface area contributed by atoms with E-state index in [-0.39, 0.29) is 23.5 Å². The summed E-state index contributed by atoms with van der Waals surface area (Å²) in [4.78, 5) is 30.8. The van der Waals surface area contributed by atoms with Crippen molar-refractivity contribution in [1.82, 2.24) is 10.3 Å². The molecule has 0 saturated heterocycles. The zero-order chi connectivity index (χ0) is 21.1. The lowest BCUT2D eigenvalue weighted by molar-refractivity contribution is -0.123. The number of rotatable bonds is 5. The van der Waals surface area contributed by atoms with Crippen LogP contribution in [0.1, 0.15) is 45.3 Å². The second-order valence-corrected chi connectivity index (χ2v) is 8.60. The number of anilines is 1. The molecule has 0 spiro atoms. The van der Waals surface area contributed by atoms with Crippen molar-refractivity contribution < 1.29 is 14.0 Å². The fraction of sp³-hybridized carbons (Fsp3) is 0.227. The van der Waals surface area contributed by atoms with E-state index >= 15 is 0 Å². The molecular weight excluding hydrogens is 425 g/mol. The van der Waals surface area contributed by atoms with Crippen LogP contribution >= 0.6 is 22.9 Å². The summed E-state index contributed by atoms with van der Waals surface area (Å²) in [6.07, 6.45) is 2.43. The molecule has 0 radical (unpaired) electrons. The van der Waals surface area contributed by atoms with Crippen molar-refractivity contribution in [2.45, 2.75) is 31.7 Å². The van der Waals surface area contributed by atoms with E-state index in [1.165, 1.54) is 23.5 Å². The van der Waals surface area contributed by atoms with Crippen molar-refractivity contribution in [1.29, 1.82) is 0 Å². The van der Waals surface area contributed by atoms with Gasteiger partial charge in [-0.1, -0.05) is 23.7 Å². The van der Waals surface area contributed by atoms with Crippen molar-refractivity contribution in [3.05, 3.63) is 81.1 Å². The topological polar surface area (TPSA) is 71.1 Å². The molecule has 3 aromatic rings. The standard InChI is InChI=1S/C22H19ClFN3O2S/c23-15-8-6-14(7-9-15)20(28)27-22-26-19-17(2-1-3-18(19)30-22)21(29)25-12-13-4-10-16(24)11-5-13/h4-11,17H,1-3,12H2,(H,25,29)(H,26,27,28). The first-order chi connectivity index (χ1) is 14.5. The van der Waals surface area contributed by atoms with E-state index in [9.17, 15) is 14.0 Å². The molecule has 0 aliphatic heterocycles. The van der Waals surface area contributed by atoms with Gasteiger partial charge in [0.15, 0.2) is 5.13 Å². The zero-order valence-corrected chi connectivity index (χ0v) is 17.5. The normalized spacial score (nSPS) is 15.3. The molecule has 0 fully saturated rings. The number of nitrogens with zero attached hydrogens (tertiary/aromatic N) is 1. The van der Waals surface area contributed by atoms with Crippen LogP contribution in [0.4, 0.5) is 9.52 Å². The van der Waals surface area contributed by atoms with Gasteiger partial charge in [-0.15, -0.1) is 11.3 Å². The van der Waals surface area contributed by atoms with Crippen LogP contribution in [-0.4, -0.2) is 16.8 Å². The van der Waals surface area contributed by atoms with Crippen LogP contribution in [0.25, 0.3) is 0 Å². The molecule has 0 bridgehead atoms. The second kappa shape index (κ2) is 8.93. The summed E-state index contributed by atoms with van der Waals surface area (Å²) in [5, 5.41) is 6.77. The van der Waals surface area contributed by atoms with Gasteiger partial charge in [-0.05, 0) is 61.2 Å². The van der Waals surface area contributed by atoms with Gasteiger partial charge < -0.3 is 5.32 Å². The third-order valence-corrected chi connectivity index (χ3v) is 6.28. The van der Waals surface area contributed by atoms with Crippen molar-refractivity contribution in [3.8, 4) is 0 Å². The summed E-state index contributed by atoms with van der Waals surface area (Å²) in [5.74, 6) is -1.04. The molecule has 2 aromatic carbocycles. The SMILES string of the molecule is O=C(Nc1nc2c(s1)CCCC2C(=O)NCc1ccc(F)cc1)c1ccc(Cl)cc1. The third kappa shape index (κ3) is 4.68. The molecule has 0 saturated carbocycles. The monoisotopic (exact) mass is 443 g/mol. The summed E-state index contributed by atoms with van der Waals surface area (Å²) in [6.45, 7) is 0.329. The number of thiazole rings is 1. The maximum atomic E-state index is 13.0. The van der Waals surface area contributed by atoms with E-state index in [0.29, 0.717) is 28.7 Å². The summed E-state index contributed by atoms with van der Waals surface area (Å²) < 4.78 is 13.0. The van der Waals surface area contributed by atoms with Crippen LogP contribution in [0.15, 0.2) is 48.5 Å². The van der Waals surface area contributed by atoms with Crippen molar-refractivity contribution in [2.24, 2.45) is 0 Å². The molecule has 1 unspecified atom stereocenters. The summed E-state index contributed by atoms with van der Waals surface area (Å²) in [7, 11) is 0. The predicted octanol–water partition coefficient (Wildman–Crippen LogP) is 4.92. The lowest BCUT2D eigenvalue weighted by atomic mass is 9.90. The van der Waals surface area contributed by atoms with E-state index in [4.69, 9.17) is 11.6 Å². The van der Waals surface area contributed by atoms with Crippen LogP contribution < -0.4 is 10.6 Å². The Balaban J connectivity index is 1.44. The number of amides is 2. The van der Waals surface area contributed by atoms with Gasteiger partial charge in [0.1, 0.15) is 5.82 Å². The number of aromatic nitrogens is 1. The molecule has 1 heterocycles. The first-order valence-corrected chi connectivity index (χ1v) is 10.8. The van der Waals surface area contributed by atoms with E-state index < -0.39 is 0 Å². The minimum absolute atomic E-state index is 0.110. The average Bonchev–Trinajstić information content (AvgIpc) is 3.16. The quantitative estimate of drug-likeness (QED) is 0.587. The summed E-state index contributed by atoms with van der Waals surface area (Å²) >= 11 is 7.27. The minimum atomic E-state index is -0.355. The number of hydrogen-bond acceptors (Lipinski definition) is 4. The predicted molar refractivity (Wildman–Crippen MR) is 115 cm³/mol. The van der Waals surface area contributed by atoms with Gasteiger partial charge in [0, 0.05) is 22.0 Å². The number of carbonyl (C=O) groups excluding carboxylic acids is 2. The molecule has 1 aliphatic carbocycles. The van der Waals surface area contributed by atoms with Crippen molar-refractivity contribution in [2.75, 3.05) is 5.32 Å². The van der Waals surface area contributed by atoms with E-state index in [2.05, 4.69) is 15.6 Å². The number of carbonyl (C=O) groups is 2. The lowest BCUT2D eigenvalue weighted by Gasteiger charge is -2.20.